The molecule has 1 aromatic heterocycles. The lowest BCUT2D eigenvalue weighted by atomic mass is 10.1. The van der Waals surface area contributed by atoms with E-state index < -0.39 is 0 Å². The van der Waals surface area contributed by atoms with Crippen LogP contribution < -0.4 is 10.6 Å². The van der Waals surface area contributed by atoms with Gasteiger partial charge in [-0.25, -0.2) is 0 Å². The molecule has 2 rings (SSSR count). The van der Waals surface area contributed by atoms with Gasteiger partial charge >= 0.3 is 0 Å². The van der Waals surface area contributed by atoms with Crippen molar-refractivity contribution in [2.24, 2.45) is 0 Å². The summed E-state index contributed by atoms with van der Waals surface area (Å²) in [5, 5.41) is 7.59. The number of amides is 2. The molecule has 1 aromatic carbocycles. The Morgan fingerprint density at radius 2 is 1.88 bits per heavy atom. The Morgan fingerprint density at radius 3 is 2.54 bits per heavy atom. The number of aryl methyl sites for hydroxylation is 1. The minimum absolute atomic E-state index is 0.0262. The van der Waals surface area contributed by atoms with Crippen LogP contribution in [0.15, 0.2) is 41.8 Å². The zero-order chi connectivity index (χ0) is 17.2. The molecule has 0 radical (unpaired) electrons. The molecule has 0 atom stereocenters. The number of hydrogen-bond acceptors (Lipinski definition) is 3. The van der Waals surface area contributed by atoms with E-state index in [0.29, 0.717) is 24.3 Å². The summed E-state index contributed by atoms with van der Waals surface area (Å²) >= 11 is 1.41. The van der Waals surface area contributed by atoms with Gasteiger partial charge in [-0.15, -0.1) is 11.3 Å². The Bertz CT molecular complexity index is 636. The van der Waals surface area contributed by atoms with Gasteiger partial charge in [0.1, 0.15) is 0 Å². The maximum atomic E-state index is 11.9. The minimum atomic E-state index is -0.0759. The number of carbonyl (C=O) groups excluding carboxylic acids is 2. The number of unbranched alkanes of at least 4 members (excludes halogenated alkanes) is 1. The molecular weight excluding hydrogens is 320 g/mol. The van der Waals surface area contributed by atoms with Crippen molar-refractivity contribution in [1.29, 1.82) is 0 Å². The van der Waals surface area contributed by atoms with E-state index in [2.05, 4.69) is 29.7 Å². The molecule has 0 saturated heterocycles. The summed E-state index contributed by atoms with van der Waals surface area (Å²) in [4.78, 5) is 24.4. The lowest BCUT2D eigenvalue weighted by Gasteiger charge is -2.07. The lowest BCUT2D eigenvalue weighted by Crippen LogP contribution is -2.24. The van der Waals surface area contributed by atoms with Gasteiger partial charge in [0.2, 0.25) is 5.91 Å². The highest BCUT2D eigenvalue weighted by molar-refractivity contribution is 7.12. The fourth-order valence-electron chi connectivity index (χ4n) is 2.30. The predicted octanol–water partition coefficient (Wildman–Crippen LogP) is 4.24. The van der Waals surface area contributed by atoms with Crippen molar-refractivity contribution in [3.63, 3.8) is 0 Å². The van der Waals surface area contributed by atoms with Crippen LogP contribution in [0.1, 0.15) is 47.8 Å². The summed E-state index contributed by atoms with van der Waals surface area (Å²) in [7, 11) is 0. The SMILES string of the molecule is CCCCc1ccc(NC(=O)CCCNC(=O)c2cccs2)cc1. The molecule has 4 nitrogen and oxygen atoms in total. The third-order valence-electron chi connectivity index (χ3n) is 3.67. The first-order valence-electron chi connectivity index (χ1n) is 8.39. The summed E-state index contributed by atoms with van der Waals surface area (Å²) in [6, 6.07) is 11.7. The largest absolute Gasteiger partial charge is 0.351 e. The molecule has 128 valence electrons. The molecule has 0 aliphatic heterocycles. The van der Waals surface area contributed by atoms with Crippen molar-refractivity contribution in [1.82, 2.24) is 5.32 Å². The Kier molecular flexibility index (Phi) is 7.49. The van der Waals surface area contributed by atoms with Gasteiger partial charge in [0.15, 0.2) is 0 Å². The van der Waals surface area contributed by atoms with Gasteiger partial charge < -0.3 is 10.6 Å². The standard InChI is InChI=1S/C19H24N2O2S/c1-2-3-6-15-9-11-16(12-10-15)21-18(22)8-4-13-20-19(23)17-7-5-14-24-17/h5,7,9-12,14H,2-4,6,8,13H2,1H3,(H,20,23)(H,21,22). The highest BCUT2D eigenvalue weighted by Gasteiger charge is 2.06. The molecule has 0 unspecified atom stereocenters. The summed E-state index contributed by atoms with van der Waals surface area (Å²) < 4.78 is 0. The molecule has 24 heavy (non-hydrogen) atoms. The second-order valence-electron chi connectivity index (χ2n) is 5.69. The van der Waals surface area contributed by atoms with E-state index in [0.717, 1.165) is 12.1 Å². The van der Waals surface area contributed by atoms with E-state index in [4.69, 9.17) is 0 Å². The Balaban J connectivity index is 1.65. The molecule has 2 amide bonds. The van der Waals surface area contributed by atoms with Gasteiger partial charge in [-0.3, -0.25) is 9.59 Å². The maximum absolute atomic E-state index is 11.9. The third kappa shape index (κ3) is 6.16. The van der Waals surface area contributed by atoms with Crippen LogP contribution >= 0.6 is 11.3 Å². The first-order chi connectivity index (χ1) is 11.7. The van der Waals surface area contributed by atoms with Gasteiger partial charge in [0.25, 0.3) is 5.91 Å². The van der Waals surface area contributed by atoms with Crippen molar-refractivity contribution in [2.75, 3.05) is 11.9 Å². The second-order valence-corrected chi connectivity index (χ2v) is 6.63. The van der Waals surface area contributed by atoms with Crippen molar-refractivity contribution >= 4 is 28.8 Å². The van der Waals surface area contributed by atoms with Crippen molar-refractivity contribution in [3.8, 4) is 0 Å². The molecule has 1 heterocycles. The average molecular weight is 344 g/mol. The number of nitrogens with one attached hydrogen (secondary N) is 2. The zero-order valence-electron chi connectivity index (χ0n) is 14.0. The minimum Gasteiger partial charge on any atom is -0.351 e. The van der Waals surface area contributed by atoms with Gasteiger partial charge in [-0.2, -0.15) is 0 Å². The van der Waals surface area contributed by atoms with Crippen LogP contribution in [0.5, 0.6) is 0 Å². The Hall–Kier alpha value is -2.14. The van der Waals surface area contributed by atoms with Crippen molar-refractivity contribution in [2.45, 2.75) is 39.0 Å². The molecule has 0 saturated carbocycles. The van der Waals surface area contributed by atoms with Crippen LogP contribution in [0.25, 0.3) is 0 Å². The summed E-state index contributed by atoms with van der Waals surface area (Å²) in [5.41, 5.74) is 2.12. The van der Waals surface area contributed by atoms with Crippen LogP contribution in [0.2, 0.25) is 0 Å². The monoisotopic (exact) mass is 344 g/mol. The van der Waals surface area contributed by atoms with E-state index in [1.165, 1.54) is 29.7 Å². The van der Waals surface area contributed by atoms with Crippen LogP contribution in [0.3, 0.4) is 0 Å². The predicted molar refractivity (Wildman–Crippen MR) is 99.6 cm³/mol. The first-order valence-corrected chi connectivity index (χ1v) is 9.27. The second kappa shape index (κ2) is 9.88. The quantitative estimate of drug-likeness (QED) is 0.669. The third-order valence-corrected chi connectivity index (χ3v) is 4.54. The Morgan fingerprint density at radius 1 is 1.08 bits per heavy atom. The number of benzene rings is 1. The van der Waals surface area contributed by atoms with Gasteiger partial charge in [-0.1, -0.05) is 31.5 Å². The van der Waals surface area contributed by atoms with E-state index in [1.807, 2.05) is 23.6 Å². The smallest absolute Gasteiger partial charge is 0.261 e. The molecule has 0 spiro atoms. The fraction of sp³-hybridized carbons (Fsp3) is 0.368. The molecular formula is C19H24N2O2S. The van der Waals surface area contributed by atoms with E-state index in [1.54, 1.807) is 6.07 Å². The topological polar surface area (TPSA) is 58.2 Å². The fourth-order valence-corrected chi connectivity index (χ4v) is 2.94. The normalized spacial score (nSPS) is 10.4. The molecule has 2 aromatic rings. The molecule has 0 fully saturated rings. The van der Waals surface area contributed by atoms with Crippen molar-refractivity contribution < 1.29 is 9.59 Å². The number of hydrogen-bond donors (Lipinski definition) is 2. The van der Waals surface area contributed by atoms with Crippen LogP contribution in [-0.4, -0.2) is 18.4 Å². The summed E-state index contributed by atoms with van der Waals surface area (Å²) in [6.45, 7) is 2.68. The molecule has 5 heteroatoms. The Labute approximate surface area is 147 Å². The van der Waals surface area contributed by atoms with Gasteiger partial charge in [0.05, 0.1) is 4.88 Å². The zero-order valence-corrected chi connectivity index (χ0v) is 14.8. The van der Waals surface area contributed by atoms with Crippen LogP contribution in [0, 0.1) is 0 Å². The average Bonchev–Trinajstić information content (AvgIpc) is 3.12. The molecule has 0 aliphatic rings. The first kappa shape index (κ1) is 18.2. The number of carbonyl (C=O) groups is 2. The van der Waals surface area contributed by atoms with E-state index in [-0.39, 0.29) is 11.8 Å². The lowest BCUT2D eigenvalue weighted by molar-refractivity contribution is -0.116. The number of thiophene rings is 1. The molecule has 0 aliphatic carbocycles. The van der Waals surface area contributed by atoms with Crippen LogP contribution in [0.4, 0.5) is 5.69 Å². The highest BCUT2D eigenvalue weighted by Crippen LogP contribution is 2.12. The maximum Gasteiger partial charge on any atom is 0.261 e. The van der Waals surface area contributed by atoms with Gasteiger partial charge in [0, 0.05) is 18.7 Å². The van der Waals surface area contributed by atoms with Crippen molar-refractivity contribution in [3.05, 3.63) is 52.2 Å². The number of anilines is 1. The highest BCUT2D eigenvalue weighted by atomic mass is 32.1. The molecule has 0 bridgehead atoms. The van der Waals surface area contributed by atoms with Crippen LogP contribution in [-0.2, 0) is 11.2 Å². The van der Waals surface area contributed by atoms with E-state index >= 15 is 0 Å². The summed E-state index contributed by atoms with van der Waals surface area (Å²) in [6.07, 6.45) is 4.46. The molecule has 2 N–H and O–H groups in total. The van der Waals surface area contributed by atoms with E-state index in [9.17, 15) is 9.59 Å². The summed E-state index contributed by atoms with van der Waals surface area (Å²) in [5.74, 6) is -0.102. The number of rotatable bonds is 9. The van der Waals surface area contributed by atoms with Gasteiger partial charge in [-0.05, 0) is 48.4 Å².